The Morgan fingerprint density at radius 3 is 2.65 bits per heavy atom. The SMILES string of the molecule is CCN(Cc1ccccc1F)C(C)CC(=O)O. The first-order valence-corrected chi connectivity index (χ1v) is 5.73. The van der Waals surface area contributed by atoms with Crippen LogP contribution in [0.2, 0.25) is 0 Å². The molecule has 0 fully saturated rings. The summed E-state index contributed by atoms with van der Waals surface area (Å²) in [4.78, 5) is 12.6. The molecule has 0 radical (unpaired) electrons. The lowest BCUT2D eigenvalue weighted by atomic mass is 10.1. The average Bonchev–Trinajstić information content (AvgIpc) is 2.27. The zero-order valence-electron chi connectivity index (χ0n) is 10.2. The van der Waals surface area contributed by atoms with Crippen molar-refractivity contribution in [3.8, 4) is 0 Å². The van der Waals surface area contributed by atoms with E-state index >= 15 is 0 Å². The van der Waals surface area contributed by atoms with E-state index in [1.807, 2.05) is 18.7 Å². The van der Waals surface area contributed by atoms with Crippen molar-refractivity contribution < 1.29 is 14.3 Å². The van der Waals surface area contributed by atoms with Crippen molar-refractivity contribution in [3.05, 3.63) is 35.6 Å². The highest BCUT2D eigenvalue weighted by molar-refractivity contribution is 5.67. The Hall–Kier alpha value is -1.42. The monoisotopic (exact) mass is 239 g/mol. The maximum atomic E-state index is 13.5. The second-order valence-corrected chi connectivity index (χ2v) is 4.10. The van der Waals surface area contributed by atoms with Gasteiger partial charge in [-0.3, -0.25) is 9.69 Å². The Kier molecular flexibility index (Phi) is 5.10. The van der Waals surface area contributed by atoms with Gasteiger partial charge in [-0.05, 0) is 19.5 Å². The number of carboxylic acids is 1. The molecule has 3 nitrogen and oxygen atoms in total. The molecule has 0 spiro atoms. The molecule has 94 valence electrons. The van der Waals surface area contributed by atoms with Crippen LogP contribution >= 0.6 is 0 Å². The van der Waals surface area contributed by atoms with Crippen LogP contribution in [-0.4, -0.2) is 28.6 Å². The summed E-state index contributed by atoms with van der Waals surface area (Å²) in [5.74, 6) is -1.07. The predicted molar refractivity (Wildman–Crippen MR) is 64.2 cm³/mol. The molecule has 0 aliphatic heterocycles. The Morgan fingerprint density at radius 2 is 2.12 bits per heavy atom. The molecule has 17 heavy (non-hydrogen) atoms. The molecule has 0 amide bonds. The van der Waals surface area contributed by atoms with E-state index in [0.29, 0.717) is 18.7 Å². The highest BCUT2D eigenvalue weighted by atomic mass is 19.1. The number of hydrogen-bond acceptors (Lipinski definition) is 2. The topological polar surface area (TPSA) is 40.5 Å². The molecule has 1 aromatic rings. The summed E-state index contributed by atoms with van der Waals surface area (Å²) in [7, 11) is 0. The molecular formula is C13H18FNO2. The van der Waals surface area contributed by atoms with E-state index in [1.54, 1.807) is 18.2 Å². The Balaban J connectivity index is 2.70. The van der Waals surface area contributed by atoms with E-state index in [2.05, 4.69) is 0 Å². The standard InChI is InChI=1S/C13H18FNO2/c1-3-15(10(2)8-13(16)17)9-11-6-4-5-7-12(11)14/h4-7,10H,3,8-9H2,1-2H3,(H,16,17). The number of benzene rings is 1. The summed E-state index contributed by atoms with van der Waals surface area (Å²) in [5.41, 5.74) is 0.603. The molecule has 4 heteroatoms. The molecule has 1 atom stereocenters. The van der Waals surface area contributed by atoms with Crippen LogP contribution < -0.4 is 0 Å². The van der Waals surface area contributed by atoms with E-state index in [9.17, 15) is 9.18 Å². The minimum absolute atomic E-state index is 0.0717. The number of rotatable bonds is 6. The highest BCUT2D eigenvalue weighted by Crippen LogP contribution is 2.13. The average molecular weight is 239 g/mol. The molecule has 0 saturated carbocycles. The van der Waals surface area contributed by atoms with Gasteiger partial charge in [0.2, 0.25) is 0 Å². The fourth-order valence-corrected chi connectivity index (χ4v) is 1.81. The summed E-state index contributed by atoms with van der Waals surface area (Å²) in [5, 5.41) is 8.75. The third-order valence-corrected chi connectivity index (χ3v) is 2.83. The lowest BCUT2D eigenvalue weighted by Gasteiger charge is -2.26. The molecule has 1 unspecified atom stereocenters. The maximum absolute atomic E-state index is 13.5. The molecule has 0 aromatic heterocycles. The van der Waals surface area contributed by atoms with E-state index in [-0.39, 0.29) is 18.3 Å². The molecule has 0 bridgehead atoms. The van der Waals surface area contributed by atoms with Crippen LogP contribution in [0.1, 0.15) is 25.8 Å². The largest absolute Gasteiger partial charge is 0.481 e. The lowest BCUT2D eigenvalue weighted by Crippen LogP contribution is -2.34. The van der Waals surface area contributed by atoms with Gasteiger partial charge in [0.05, 0.1) is 6.42 Å². The van der Waals surface area contributed by atoms with Gasteiger partial charge in [0, 0.05) is 18.2 Å². The number of nitrogens with zero attached hydrogens (tertiary/aromatic N) is 1. The van der Waals surface area contributed by atoms with Crippen molar-refractivity contribution in [3.63, 3.8) is 0 Å². The number of hydrogen-bond donors (Lipinski definition) is 1. The van der Waals surface area contributed by atoms with Crippen LogP contribution in [0.5, 0.6) is 0 Å². The van der Waals surface area contributed by atoms with Gasteiger partial charge < -0.3 is 5.11 Å². The van der Waals surface area contributed by atoms with E-state index in [0.717, 1.165) is 0 Å². The molecule has 0 saturated heterocycles. The van der Waals surface area contributed by atoms with E-state index in [4.69, 9.17) is 5.11 Å². The van der Waals surface area contributed by atoms with E-state index in [1.165, 1.54) is 6.07 Å². The Labute approximate surface area is 101 Å². The first-order valence-electron chi connectivity index (χ1n) is 5.73. The Bertz CT molecular complexity index is 381. The van der Waals surface area contributed by atoms with Gasteiger partial charge in [0.15, 0.2) is 0 Å². The fourth-order valence-electron chi connectivity index (χ4n) is 1.81. The fraction of sp³-hybridized carbons (Fsp3) is 0.462. The zero-order chi connectivity index (χ0) is 12.8. The molecule has 0 aliphatic carbocycles. The van der Waals surface area contributed by atoms with Crippen LogP contribution in [0.25, 0.3) is 0 Å². The van der Waals surface area contributed by atoms with Crippen LogP contribution in [-0.2, 0) is 11.3 Å². The molecule has 1 N–H and O–H groups in total. The number of carbonyl (C=O) groups is 1. The first-order chi connectivity index (χ1) is 8.04. The van der Waals surface area contributed by atoms with Crippen LogP contribution in [0, 0.1) is 5.82 Å². The maximum Gasteiger partial charge on any atom is 0.304 e. The molecular weight excluding hydrogens is 221 g/mol. The van der Waals surface area contributed by atoms with Gasteiger partial charge in [0.1, 0.15) is 5.82 Å². The van der Waals surface area contributed by atoms with Gasteiger partial charge in [-0.15, -0.1) is 0 Å². The molecule has 0 aliphatic rings. The van der Waals surface area contributed by atoms with Crippen molar-refractivity contribution >= 4 is 5.97 Å². The quantitative estimate of drug-likeness (QED) is 0.829. The smallest absolute Gasteiger partial charge is 0.304 e. The Morgan fingerprint density at radius 1 is 1.47 bits per heavy atom. The first kappa shape index (κ1) is 13.6. The molecule has 0 heterocycles. The van der Waals surface area contributed by atoms with E-state index < -0.39 is 5.97 Å². The predicted octanol–water partition coefficient (Wildman–Crippen LogP) is 2.51. The van der Waals surface area contributed by atoms with Crippen molar-refractivity contribution in [2.45, 2.75) is 32.9 Å². The number of carboxylic acid groups (broad SMARTS) is 1. The summed E-state index contributed by atoms with van der Waals surface area (Å²) in [6.45, 7) is 4.93. The second-order valence-electron chi connectivity index (χ2n) is 4.10. The summed E-state index contributed by atoms with van der Waals surface area (Å²) in [6, 6.07) is 6.48. The van der Waals surface area contributed by atoms with Gasteiger partial charge in [0.25, 0.3) is 0 Å². The third-order valence-electron chi connectivity index (χ3n) is 2.83. The highest BCUT2D eigenvalue weighted by Gasteiger charge is 2.16. The minimum atomic E-state index is -0.829. The van der Waals surface area contributed by atoms with Crippen LogP contribution in [0.3, 0.4) is 0 Å². The molecule has 1 aromatic carbocycles. The van der Waals surface area contributed by atoms with Crippen LogP contribution in [0.4, 0.5) is 4.39 Å². The van der Waals surface area contributed by atoms with Crippen molar-refractivity contribution in [2.24, 2.45) is 0 Å². The number of aliphatic carboxylic acids is 1. The normalized spacial score (nSPS) is 12.7. The van der Waals surface area contributed by atoms with Crippen molar-refractivity contribution in [2.75, 3.05) is 6.54 Å². The third kappa shape index (κ3) is 4.15. The van der Waals surface area contributed by atoms with Gasteiger partial charge >= 0.3 is 5.97 Å². The van der Waals surface area contributed by atoms with Gasteiger partial charge in [-0.25, -0.2) is 4.39 Å². The van der Waals surface area contributed by atoms with Gasteiger partial charge in [-0.1, -0.05) is 25.1 Å². The zero-order valence-corrected chi connectivity index (χ0v) is 10.2. The lowest BCUT2D eigenvalue weighted by molar-refractivity contribution is -0.138. The van der Waals surface area contributed by atoms with Gasteiger partial charge in [-0.2, -0.15) is 0 Å². The van der Waals surface area contributed by atoms with Crippen molar-refractivity contribution in [1.82, 2.24) is 4.90 Å². The number of halogens is 1. The summed E-state index contributed by atoms with van der Waals surface area (Å²) in [6.07, 6.45) is 0.0717. The summed E-state index contributed by atoms with van der Waals surface area (Å²) < 4.78 is 13.5. The van der Waals surface area contributed by atoms with Crippen molar-refractivity contribution in [1.29, 1.82) is 0 Å². The molecule has 1 rings (SSSR count). The minimum Gasteiger partial charge on any atom is -0.481 e. The second kappa shape index (κ2) is 6.35. The van der Waals surface area contributed by atoms with Crippen LogP contribution in [0.15, 0.2) is 24.3 Å². The summed E-state index contributed by atoms with van der Waals surface area (Å²) >= 11 is 0.